The SMILES string of the molecule is CN(C)C1(c2ccccc2)CCC(O)(c2cc3ccccc3n2C)CC1. The fourth-order valence-electron chi connectivity index (χ4n) is 4.81. The van der Waals surface area contributed by atoms with Gasteiger partial charge >= 0.3 is 0 Å². The minimum Gasteiger partial charge on any atom is -0.384 e. The highest BCUT2D eigenvalue weighted by atomic mass is 16.3. The van der Waals surface area contributed by atoms with Gasteiger partial charge < -0.3 is 9.67 Å². The lowest BCUT2D eigenvalue weighted by Gasteiger charge is -2.48. The lowest BCUT2D eigenvalue weighted by molar-refractivity contribution is -0.0550. The summed E-state index contributed by atoms with van der Waals surface area (Å²) in [5.41, 5.74) is 2.81. The summed E-state index contributed by atoms with van der Waals surface area (Å²) in [4.78, 5) is 2.34. The van der Waals surface area contributed by atoms with Crippen molar-refractivity contribution < 1.29 is 5.11 Å². The first-order valence-electron chi connectivity index (χ1n) is 9.47. The number of nitrogens with zero attached hydrogens (tertiary/aromatic N) is 2. The van der Waals surface area contributed by atoms with Crippen LogP contribution in [-0.4, -0.2) is 28.7 Å². The van der Waals surface area contributed by atoms with Crippen molar-refractivity contribution in [3.05, 3.63) is 71.9 Å². The fraction of sp³-hybridized carbons (Fsp3) is 0.391. The molecule has 1 saturated carbocycles. The average Bonchev–Trinajstić information content (AvgIpc) is 3.01. The van der Waals surface area contributed by atoms with Gasteiger partial charge in [0.15, 0.2) is 0 Å². The van der Waals surface area contributed by atoms with E-state index in [9.17, 15) is 5.11 Å². The molecule has 1 fully saturated rings. The summed E-state index contributed by atoms with van der Waals surface area (Å²) in [6.07, 6.45) is 3.43. The highest BCUT2D eigenvalue weighted by Crippen LogP contribution is 2.48. The van der Waals surface area contributed by atoms with E-state index in [4.69, 9.17) is 0 Å². The zero-order chi connectivity index (χ0) is 18.4. The lowest BCUT2D eigenvalue weighted by atomic mass is 9.69. The first kappa shape index (κ1) is 17.3. The number of benzene rings is 2. The van der Waals surface area contributed by atoms with E-state index in [1.807, 2.05) is 0 Å². The van der Waals surface area contributed by atoms with E-state index in [0.717, 1.165) is 31.4 Å². The molecule has 2 aromatic carbocycles. The van der Waals surface area contributed by atoms with E-state index in [1.54, 1.807) is 0 Å². The van der Waals surface area contributed by atoms with Crippen LogP contribution in [0.3, 0.4) is 0 Å². The normalized spacial score (nSPS) is 26.5. The summed E-state index contributed by atoms with van der Waals surface area (Å²) in [6, 6.07) is 21.3. The number of aromatic nitrogens is 1. The number of rotatable bonds is 3. The van der Waals surface area contributed by atoms with Crippen molar-refractivity contribution in [2.24, 2.45) is 7.05 Å². The summed E-state index contributed by atoms with van der Waals surface area (Å²) in [6.45, 7) is 0. The molecule has 0 atom stereocenters. The first-order valence-corrected chi connectivity index (χ1v) is 9.47. The molecule has 1 heterocycles. The van der Waals surface area contributed by atoms with Gasteiger partial charge in [-0.2, -0.15) is 0 Å². The second kappa shape index (κ2) is 6.26. The Morgan fingerprint density at radius 1 is 0.885 bits per heavy atom. The second-order valence-electron chi connectivity index (χ2n) is 7.97. The summed E-state index contributed by atoms with van der Waals surface area (Å²) < 4.78 is 2.17. The molecule has 0 spiro atoms. The third-order valence-corrected chi connectivity index (χ3v) is 6.50. The van der Waals surface area contributed by atoms with E-state index in [-0.39, 0.29) is 5.54 Å². The number of hydrogen-bond donors (Lipinski definition) is 1. The van der Waals surface area contributed by atoms with Crippen LogP contribution in [0.2, 0.25) is 0 Å². The molecular weight excluding hydrogens is 320 g/mol. The Morgan fingerprint density at radius 2 is 1.50 bits per heavy atom. The van der Waals surface area contributed by atoms with Crippen LogP contribution < -0.4 is 0 Å². The van der Waals surface area contributed by atoms with Crippen molar-refractivity contribution in [3.8, 4) is 0 Å². The Bertz CT molecular complexity index is 902. The van der Waals surface area contributed by atoms with Gasteiger partial charge in [-0.05, 0) is 62.9 Å². The maximum absolute atomic E-state index is 11.5. The van der Waals surface area contributed by atoms with Crippen LogP contribution in [0.1, 0.15) is 36.9 Å². The quantitative estimate of drug-likeness (QED) is 0.760. The molecule has 0 amide bonds. The van der Waals surface area contributed by atoms with Gasteiger partial charge in [0, 0.05) is 18.1 Å². The number of aliphatic hydroxyl groups is 1. The number of para-hydroxylation sites is 1. The monoisotopic (exact) mass is 348 g/mol. The van der Waals surface area contributed by atoms with Gasteiger partial charge in [0.2, 0.25) is 0 Å². The fourth-order valence-corrected chi connectivity index (χ4v) is 4.81. The zero-order valence-corrected chi connectivity index (χ0v) is 15.9. The van der Waals surface area contributed by atoms with Crippen molar-refractivity contribution in [1.82, 2.24) is 9.47 Å². The highest BCUT2D eigenvalue weighted by molar-refractivity contribution is 5.81. The second-order valence-corrected chi connectivity index (χ2v) is 7.97. The van der Waals surface area contributed by atoms with E-state index >= 15 is 0 Å². The van der Waals surface area contributed by atoms with Crippen molar-refractivity contribution in [3.63, 3.8) is 0 Å². The average molecular weight is 348 g/mol. The van der Waals surface area contributed by atoms with Crippen LogP contribution in [0.25, 0.3) is 10.9 Å². The smallest absolute Gasteiger partial charge is 0.105 e. The number of hydrogen-bond acceptors (Lipinski definition) is 2. The van der Waals surface area contributed by atoms with Gasteiger partial charge in [0.25, 0.3) is 0 Å². The molecule has 26 heavy (non-hydrogen) atoms. The van der Waals surface area contributed by atoms with Gasteiger partial charge in [-0.15, -0.1) is 0 Å². The topological polar surface area (TPSA) is 28.4 Å². The Balaban J connectivity index is 1.68. The molecule has 3 aromatic rings. The number of aryl methyl sites for hydroxylation is 1. The van der Waals surface area contributed by atoms with Gasteiger partial charge in [-0.3, -0.25) is 4.90 Å². The number of fused-ring (bicyclic) bond motifs is 1. The molecular formula is C23H28N2O. The molecule has 0 bridgehead atoms. The summed E-state index contributed by atoms with van der Waals surface area (Å²) in [7, 11) is 6.39. The maximum Gasteiger partial charge on any atom is 0.105 e. The predicted molar refractivity (Wildman–Crippen MR) is 107 cm³/mol. The molecule has 1 aliphatic carbocycles. The molecule has 1 aromatic heterocycles. The minimum atomic E-state index is -0.762. The Kier molecular flexibility index (Phi) is 4.17. The standard InChI is InChI=1S/C23H28N2O/c1-24(2)22(19-10-5-4-6-11-19)13-15-23(26,16-14-22)21-17-18-9-7-8-12-20(18)25(21)3/h4-12,17,26H,13-16H2,1-3H3. The van der Waals surface area contributed by atoms with Crippen molar-refractivity contribution >= 4 is 10.9 Å². The largest absolute Gasteiger partial charge is 0.384 e. The van der Waals surface area contributed by atoms with Crippen LogP contribution in [0.5, 0.6) is 0 Å². The van der Waals surface area contributed by atoms with Gasteiger partial charge in [-0.25, -0.2) is 0 Å². The Labute approximate surface area is 155 Å². The zero-order valence-electron chi connectivity index (χ0n) is 15.9. The minimum absolute atomic E-state index is 0.00191. The Hall–Kier alpha value is -2.10. The van der Waals surface area contributed by atoms with Crippen LogP contribution >= 0.6 is 0 Å². The van der Waals surface area contributed by atoms with Crippen LogP contribution in [0, 0.1) is 0 Å². The van der Waals surface area contributed by atoms with Crippen molar-refractivity contribution in [2.45, 2.75) is 36.8 Å². The van der Waals surface area contributed by atoms with Crippen LogP contribution in [0.15, 0.2) is 60.7 Å². The Morgan fingerprint density at radius 3 is 2.12 bits per heavy atom. The summed E-state index contributed by atoms with van der Waals surface area (Å²) in [5.74, 6) is 0. The molecule has 0 aliphatic heterocycles. The van der Waals surface area contributed by atoms with E-state index < -0.39 is 5.60 Å². The van der Waals surface area contributed by atoms with E-state index in [0.29, 0.717) is 0 Å². The van der Waals surface area contributed by atoms with Crippen molar-refractivity contribution in [2.75, 3.05) is 14.1 Å². The first-order chi connectivity index (χ1) is 12.5. The van der Waals surface area contributed by atoms with Gasteiger partial charge in [-0.1, -0.05) is 48.5 Å². The molecule has 3 nitrogen and oxygen atoms in total. The molecule has 4 rings (SSSR count). The van der Waals surface area contributed by atoms with Crippen molar-refractivity contribution in [1.29, 1.82) is 0 Å². The van der Waals surface area contributed by atoms with Gasteiger partial charge in [0.05, 0.1) is 5.69 Å². The van der Waals surface area contributed by atoms with Crippen LogP contribution in [0.4, 0.5) is 0 Å². The highest BCUT2D eigenvalue weighted by Gasteiger charge is 2.45. The molecule has 0 saturated heterocycles. The van der Waals surface area contributed by atoms with Gasteiger partial charge in [0.1, 0.15) is 5.60 Å². The molecule has 1 N–H and O–H groups in total. The van der Waals surface area contributed by atoms with E-state index in [2.05, 4.69) is 91.3 Å². The lowest BCUT2D eigenvalue weighted by Crippen LogP contribution is -2.48. The molecule has 0 unspecified atom stereocenters. The third-order valence-electron chi connectivity index (χ3n) is 6.50. The van der Waals surface area contributed by atoms with E-state index in [1.165, 1.54) is 16.5 Å². The maximum atomic E-state index is 11.5. The molecule has 3 heteroatoms. The third kappa shape index (κ3) is 2.58. The molecule has 136 valence electrons. The van der Waals surface area contributed by atoms with Crippen LogP contribution in [-0.2, 0) is 18.2 Å². The molecule has 0 radical (unpaired) electrons. The summed E-state index contributed by atoms with van der Waals surface area (Å²) in [5, 5.41) is 12.7. The molecule has 1 aliphatic rings. The predicted octanol–water partition coefficient (Wildman–Crippen LogP) is 4.40. The summed E-state index contributed by atoms with van der Waals surface area (Å²) >= 11 is 0.